The molecular weight excluding hydrogens is 172 g/mol. The van der Waals surface area contributed by atoms with Gasteiger partial charge in [0.15, 0.2) is 0 Å². The Labute approximate surface area is 75.6 Å². The van der Waals surface area contributed by atoms with Crippen LogP contribution in [0.4, 0.5) is 8.78 Å². The summed E-state index contributed by atoms with van der Waals surface area (Å²) in [4.78, 5) is 0. The summed E-state index contributed by atoms with van der Waals surface area (Å²) in [6.45, 7) is 3.34. The van der Waals surface area contributed by atoms with E-state index in [9.17, 15) is 8.78 Å². The SMILES string of the molecule is Cc1cccc(C(F)(F)C#N)c1C. The molecule has 0 N–H and O–H groups in total. The normalized spacial score (nSPS) is 11.0. The van der Waals surface area contributed by atoms with E-state index < -0.39 is 5.92 Å². The fraction of sp³-hybridized carbons (Fsp3) is 0.300. The second-order valence-corrected chi connectivity index (χ2v) is 2.93. The van der Waals surface area contributed by atoms with E-state index in [0.29, 0.717) is 5.56 Å². The number of nitrogens with zero attached hydrogens (tertiary/aromatic N) is 1. The summed E-state index contributed by atoms with van der Waals surface area (Å²) in [5, 5.41) is 8.26. The molecule has 3 heteroatoms. The number of hydrogen-bond donors (Lipinski definition) is 0. The van der Waals surface area contributed by atoms with Crippen LogP contribution in [0.5, 0.6) is 0 Å². The zero-order valence-electron chi connectivity index (χ0n) is 7.44. The number of alkyl halides is 2. The predicted octanol–water partition coefficient (Wildman–Crippen LogP) is 2.92. The van der Waals surface area contributed by atoms with Crippen LogP contribution in [-0.4, -0.2) is 0 Å². The fourth-order valence-electron chi connectivity index (χ4n) is 1.15. The molecule has 68 valence electrons. The summed E-state index contributed by atoms with van der Waals surface area (Å²) in [6, 6.07) is 5.55. The van der Waals surface area contributed by atoms with Crippen LogP contribution < -0.4 is 0 Å². The van der Waals surface area contributed by atoms with E-state index in [1.165, 1.54) is 12.1 Å². The topological polar surface area (TPSA) is 23.8 Å². The van der Waals surface area contributed by atoms with Gasteiger partial charge < -0.3 is 0 Å². The van der Waals surface area contributed by atoms with Gasteiger partial charge in [0.1, 0.15) is 6.07 Å². The van der Waals surface area contributed by atoms with Crippen molar-refractivity contribution in [2.75, 3.05) is 0 Å². The maximum absolute atomic E-state index is 13.0. The van der Waals surface area contributed by atoms with Gasteiger partial charge in [0.05, 0.1) is 0 Å². The lowest BCUT2D eigenvalue weighted by atomic mass is 9.99. The number of rotatable bonds is 1. The zero-order valence-corrected chi connectivity index (χ0v) is 7.44. The average molecular weight is 181 g/mol. The Kier molecular flexibility index (Phi) is 2.33. The summed E-state index contributed by atoms with van der Waals surface area (Å²) in [5.41, 5.74) is 1.05. The molecule has 0 spiro atoms. The van der Waals surface area contributed by atoms with Crippen LogP contribution in [0.25, 0.3) is 0 Å². The highest BCUT2D eigenvalue weighted by molar-refractivity contribution is 5.38. The van der Waals surface area contributed by atoms with Crippen molar-refractivity contribution in [2.45, 2.75) is 19.8 Å². The second kappa shape index (κ2) is 3.14. The first kappa shape index (κ1) is 9.66. The second-order valence-electron chi connectivity index (χ2n) is 2.93. The molecule has 1 aromatic rings. The van der Waals surface area contributed by atoms with Gasteiger partial charge in [-0.3, -0.25) is 0 Å². The molecule has 1 aromatic carbocycles. The Balaban J connectivity index is 3.33. The van der Waals surface area contributed by atoms with Crippen molar-refractivity contribution in [1.82, 2.24) is 0 Å². The van der Waals surface area contributed by atoms with Gasteiger partial charge >= 0.3 is 5.92 Å². The molecule has 0 bridgehead atoms. The van der Waals surface area contributed by atoms with Crippen LogP contribution in [0.15, 0.2) is 18.2 Å². The van der Waals surface area contributed by atoms with E-state index in [-0.39, 0.29) is 5.56 Å². The van der Waals surface area contributed by atoms with Crippen LogP contribution in [0.1, 0.15) is 16.7 Å². The molecule has 13 heavy (non-hydrogen) atoms. The van der Waals surface area contributed by atoms with E-state index in [4.69, 9.17) is 5.26 Å². The lowest BCUT2D eigenvalue weighted by Gasteiger charge is -2.12. The van der Waals surface area contributed by atoms with Gasteiger partial charge in [-0.25, -0.2) is 0 Å². The van der Waals surface area contributed by atoms with E-state index in [0.717, 1.165) is 11.6 Å². The third-order valence-corrected chi connectivity index (χ3v) is 2.08. The van der Waals surface area contributed by atoms with E-state index in [1.54, 1.807) is 19.9 Å². The molecule has 0 aliphatic carbocycles. The monoisotopic (exact) mass is 181 g/mol. The van der Waals surface area contributed by atoms with Gasteiger partial charge in [0.25, 0.3) is 0 Å². The molecule has 1 rings (SSSR count). The molecule has 1 nitrogen and oxygen atoms in total. The Morgan fingerprint density at radius 1 is 1.31 bits per heavy atom. The van der Waals surface area contributed by atoms with Crippen molar-refractivity contribution in [1.29, 1.82) is 5.26 Å². The van der Waals surface area contributed by atoms with Crippen LogP contribution in [0.2, 0.25) is 0 Å². The summed E-state index contributed by atoms with van der Waals surface area (Å²) in [7, 11) is 0. The highest BCUT2D eigenvalue weighted by atomic mass is 19.3. The first-order valence-corrected chi connectivity index (χ1v) is 3.85. The van der Waals surface area contributed by atoms with Crippen molar-refractivity contribution < 1.29 is 8.78 Å². The highest BCUT2D eigenvalue weighted by Crippen LogP contribution is 2.30. The Hall–Kier alpha value is -1.43. The van der Waals surface area contributed by atoms with Crippen molar-refractivity contribution >= 4 is 0 Å². The molecule has 0 heterocycles. The van der Waals surface area contributed by atoms with Gasteiger partial charge in [-0.2, -0.15) is 14.0 Å². The highest BCUT2D eigenvalue weighted by Gasteiger charge is 2.32. The van der Waals surface area contributed by atoms with Crippen LogP contribution >= 0.6 is 0 Å². The quantitative estimate of drug-likeness (QED) is 0.653. The Morgan fingerprint density at radius 3 is 2.46 bits per heavy atom. The molecule has 0 aromatic heterocycles. The number of nitriles is 1. The molecule has 0 unspecified atom stereocenters. The number of halogens is 2. The maximum atomic E-state index is 13.0. The molecular formula is C10H9F2N. The summed E-state index contributed by atoms with van der Waals surface area (Å²) in [5.74, 6) is -3.38. The molecule has 0 fully saturated rings. The summed E-state index contributed by atoms with van der Waals surface area (Å²) < 4.78 is 25.9. The zero-order chi connectivity index (χ0) is 10.1. The third-order valence-electron chi connectivity index (χ3n) is 2.08. The lowest BCUT2D eigenvalue weighted by Crippen LogP contribution is -2.12. The van der Waals surface area contributed by atoms with E-state index in [2.05, 4.69) is 0 Å². The van der Waals surface area contributed by atoms with Crippen molar-refractivity contribution in [3.63, 3.8) is 0 Å². The summed E-state index contributed by atoms with van der Waals surface area (Å²) in [6.07, 6.45) is 0. The minimum Gasteiger partial charge on any atom is -0.191 e. The largest absolute Gasteiger partial charge is 0.357 e. The van der Waals surface area contributed by atoms with Gasteiger partial charge in [-0.15, -0.1) is 0 Å². The average Bonchev–Trinajstić information content (AvgIpc) is 2.09. The van der Waals surface area contributed by atoms with Crippen molar-refractivity contribution in [2.24, 2.45) is 0 Å². The molecule has 0 saturated heterocycles. The van der Waals surface area contributed by atoms with Crippen LogP contribution in [0, 0.1) is 25.2 Å². The van der Waals surface area contributed by atoms with Gasteiger partial charge in [-0.1, -0.05) is 18.2 Å². The third kappa shape index (κ3) is 1.67. The molecule has 0 radical (unpaired) electrons. The van der Waals surface area contributed by atoms with Crippen molar-refractivity contribution in [3.05, 3.63) is 34.9 Å². The van der Waals surface area contributed by atoms with Gasteiger partial charge in [0.2, 0.25) is 0 Å². The fourth-order valence-corrected chi connectivity index (χ4v) is 1.15. The van der Waals surface area contributed by atoms with E-state index in [1.807, 2.05) is 0 Å². The number of aryl methyl sites for hydroxylation is 1. The maximum Gasteiger partial charge on any atom is 0.357 e. The number of hydrogen-bond acceptors (Lipinski definition) is 1. The molecule has 0 atom stereocenters. The number of benzene rings is 1. The molecule has 0 aliphatic heterocycles. The first-order valence-electron chi connectivity index (χ1n) is 3.85. The predicted molar refractivity (Wildman–Crippen MR) is 45.4 cm³/mol. The van der Waals surface area contributed by atoms with Crippen LogP contribution in [0.3, 0.4) is 0 Å². The molecule has 0 amide bonds. The lowest BCUT2D eigenvalue weighted by molar-refractivity contribution is 0.0605. The standard InChI is InChI=1S/C10H9F2N/c1-7-4-3-5-9(8(7)2)10(11,12)6-13/h3-5H,1-2H3. The van der Waals surface area contributed by atoms with Gasteiger partial charge in [0, 0.05) is 5.56 Å². The molecule has 0 saturated carbocycles. The van der Waals surface area contributed by atoms with E-state index >= 15 is 0 Å². The Bertz CT molecular complexity index is 364. The smallest absolute Gasteiger partial charge is 0.191 e. The summed E-state index contributed by atoms with van der Waals surface area (Å²) >= 11 is 0. The minimum atomic E-state index is -3.38. The van der Waals surface area contributed by atoms with Crippen LogP contribution in [-0.2, 0) is 5.92 Å². The Morgan fingerprint density at radius 2 is 1.92 bits per heavy atom. The van der Waals surface area contributed by atoms with Crippen molar-refractivity contribution in [3.8, 4) is 6.07 Å². The first-order chi connectivity index (χ1) is 5.99. The molecule has 0 aliphatic rings. The minimum absolute atomic E-state index is 0.199. The van der Waals surface area contributed by atoms with Gasteiger partial charge in [-0.05, 0) is 25.0 Å².